The Morgan fingerprint density at radius 2 is 2.08 bits per heavy atom. The normalized spacial score (nSPS) is 8.83. The van der Waals surface area contributed by atoms with Gasteiger partial charge in [0, 0.05) is 23.8 Å². The molecule has 0 aromatic carbocycles. The zero-order valence-corrected chi connectivity index (χ0v) is 7.20. The summed E-state index contributed by atoms with van der Waals surface area (Å²) in [6.45, 7) is 3.93. The largest absolute Gasteiger partial charge is 0.349 e. The van der Waals surface area contributed by atoms with Crippen molar-refractivity contribution in [3.05, 3.63) is 36.2 Å². The van der Waals surface area contributed by atoms with Crippen LogP contribution in [0.1, 0.15) is 11.4 Å². The first-order valence-corrected chi connectivity index (χ1v) is 3.70. The molecule has 2 heterocycles. The number of aryl methyl sites for hydroxylation is 2. The standard InChI is InChI=1S/2C4H6N2/c1-4-2-5-3-6-4;1-4-2-3-5-6-4/h2*2-3H,1H3,(H,5,6). The van der Waals surface area contributed by atoms with E-state index < -0.39 is 0 Å². The molecule has 0 aliphatic carbocycles. The lowest BCUT2D eigenvalue weighted by Gasteiger charge is -1.68. The average molecular weight is 164 g/mol. The Morgan fingerprint density at radius 1 is 1.25 bits per heavy atom. The van der Waals surface area contributed by atoms with Crippen LogP contribution in [0, 0.1) is 13.8 Å². The number of aromatic amines is 2. The van der Waals surface area contributed by atoms with Crippen molar-refractivity contribution in [2.24, 2.45) is 0 Å². The number of hydrogen-bond donors (Lipinski definition) is 2. The highest BCUT2D eigenvalue weighted by Gasteiger charge is 1.74. The predicted molar refractivity (Wildman–Crippen MR) is 46.6 cm³/mol. The van der Waals surface area contributed by atoms with Crippen LogP contribution in [0.2, 0.25) is 0 Å². The molecule has 12 heavy (non-hydrogen) atoms. The van der Waals surface area contributed by atoms with Gasteiger partial charge >= 0.3 is 0 Å². The molecule has 0 amide bonds. The van der Waals surface area contributed by atoms with Gasteiger partial charge in [0.1, 0.15) is 0 Å². The lowest BCUT2D eigenvalue weighted by molar-refractivity contribution is 1.05. The van der Waals surface area contributed by atoms with E-state index in [4.69, 9.17) is 0 Å². The minimum Gasteiger partial charge on any atom is -0.349 e. The Morgan fingerprint density at radius 3 is 2.25 bits per heavy atom. The number of hydrogen-bond acceptors (Lipinski definition) is 2. The fraction of sp³-hybridized carbons (Fsp3) is 0.250. The van der Waals surface area contributed by atoms with E-state index >= 15 is 0 Å². The molecule has 0 atom stereocenters. The molecule has 0 radical (unpaired) electrons. The maximum absolute atomic E-state index is 3.77. The summed E-state index contributed by atoms with van der Waals surface area (Å²) in [6.07, 6.45) is 5.17. The third-order valence-corrected chi connectivity index (χ3v) is 1.27. The molecule has 4 heteroatoms. The van der Waals surface area contributed by atoms with Gasteiger partial charge in [-0.15, -0.1) is 0 Å². The second kappa shape index (κ2) is 4.33. The van der Waals surface area contributed by atoms with Crippen LogP contribution in [0.15, 0.2) is 24.8 Å². The van der Waals surface area contributed by atoms with Crippen LogP contribution in [0.25, 0.3) is 0 Å². The van der Waals surface area contributed by atoms with Crippen molar-refractivity contribution in [3.8, 4) is 0 Å². The van der Waals surface area contributed by atoms with E-state index in [2.05, 4.69) is 20.2 Å². The molecule has 2 rings (SSSR count). The molecule has 2 N–H and O–H groups in total. The minimum absolute atomic E-state index is 1.11. The lowest BCUT2D eigenvalue weighted by atomic mass is 10.5. The van der Waals surface area contributed by atoms with Crippen molar-refractivity contribution in [2.75, 3.05) is 0 Å². The van der Waals surface area contributed by atoms with E-state index in [0.29, 0.717) is 0 Å². The van der Waals surface area contributed by atoms with Gasteiger partial charge in [-0.1, -0.05) is 0 Å². The number of H-pyrrole nitrogens is 2. The fourth-order valence-corrected chi connectivity index (χ4v) is 0.651. The van der Waals surface area contributed by atoms with E-state index in [0.717, 1.165) is 11.4 Å². The first-order chi connectivity index (χ1) is 5.79. The molecular weight excluding hydrogens is 152 g/mol. The Hall–Kier alpha value is -1.58. The molecule has 0 fully saturated rings. The first-order valence-electron chi connectivity index (χ1n) is 3.70. The second-order valence-corrected chi connectivity index (χ2v) is 2.47. The van der Waals surface area contributed by atoms with E-state index in [1.54, 1.807) is 18.7 Å². The topological polar surface area (TPSA) is 57.4 Å². The highest BCUT2D eigenvalue weighted by atomic mass is 15.1. The van der Waals surface area contributed by atoms with Gasteiger partial charge in [0.05, 0.1) is 6.33 Å². The zero-order valence-electron chi connectivity index (χ0n) is 7.20. The van der Waals surface area contributed by atoms with Crippen LogP contribution < -0.4 is 0 Å². The molecule has 2 aromatic heterocycles. The van der Waals surface area contributed by atoms with Crippen molar-refractivity contribution in [2.45, 2.75) is 13.8 Å². The first kappa shape index (κ1) is 8.52. The molecule has 4 nitrogen and oxygen atoms in total. The number of nitrogens with zero attached hydrogens (tertiary/aromatic N) is 2. The van der Waals surface area contributed by atoms with E-state index in [-0.39, 0.29) is 0 Å². The van der Waals surface area contributed by atoms with E-state index in [9.17, 15) is 0 Å². The number of aromatic nitrogens is 4. The maximum atomic E-state index is 3.77. The molecule has 0 saturated carbocycles. The molecule has 0 unspecified atom stereocenters. The maximum Gasteiger partial charge on any atom is 0.0921 e. The molecule has 2 aromatic rings. The highest BCUT2D eigenvalue weighted by molar-refractivity contribution is 4.92. The molecule has 0 bridgehead atoms. The smallest absolute Gasteiger partial charge is 0.0921 e. The summed E-state index contributed by atoms with van der Waals surface area (Å²) in [5.74, 6) is 0. The minimum atomic E-state index is 1.11. The summed E-state index contributed by atoms with van der Waals surface area (Å²) in [5.41, 5.74) is 2.21. The second-order valence-electron chi connectivity index (χ2n) is 2.47. The molecular formula is C8H12N4. The number of imidazole rings is 1. The van der Waals surface area contributed by atoms with Gasteiger partial charge in [-0.05, 0) is 19.9 Å². The van der Waals surface area contributed by atoms with Crippen LogP contribution in [0.4, 0.5) is 0 Å². The van der Waals surface area contributed by atoms with Crippen molar-refractivity contribution in [1.29, 1.82) is 0 Å². The van der Waals surface area contributed by atoms with Crippen LogP contribution in [-0.2, 0) is 0 Å². The lowest BCUT2D eigenvalue weighted by Crippen LogP contribution is -1.65. The van der Waals surface area contributed by atoms with E-state index in [1.165, 1.54) is 0 Å². The molecule has 64 valence electrons. The van der Waals surface area contributed by atoms with Gasteiger partial charge in [0.2, 0.25) is 0 Å². The Bertz CT molecular complexity index is 250. The summed E-state index contributed by atoms with van der Waals surface area (Å²) < 4.78 is 0. The Balaban J connectivity index is 0.000000120. The molecule has 0 aliphatic heterocycles. The van der Waals surface area contributed by atoms with E-state index in [1.807, 2.05) is 19.9 Å². The number of rotatable bonds is 0. The van der Waals surface area contributed by atoms with Gasteiger partial charge in [-0.2, -0.15) is 5.10 Å². The predicted octanol–water partition coefficient (Wildman–Crippen LogP) is 1.44. The van der Waals surface area contributed by atoms with Crippen LogP contribution in [0.3, 0.4) is 0 Å². The van der Waals surface area contributed by atoms with Crippen LogP contribution >= 0.6 is 0 Å². The van der Waals surface area contributed by atoms with Gasteiger partial charge < -0.3 is 4.98 Å². The molecule has 0 aliphatic rings. The quantitative estimate of drug-likeness (QED) is 0.619. The van der Waals surface area contributed by atoms with Gasteiger partial charge in [-0.25, -0.2) is 4.98 Å². The molecule has 0 saturated heterocycles. The van der Waals surface area contributed by atoms with Gasteiger partial charge in [0.15, 0.2) is 0 Å². The monoisotopic (exact) mass is 164 g/mol. The van der Waals surface area contributed by atoms with Crippen molar-refractivity contribution in [1.82, 2.24) is 20.2 Å². The Labute approximate surface area is 71.1 Å². The SMILES string of the molecule is Cc1ccn[nH]1.Cc1cnc[nH]1. The Kier molecular flexibility index (Phi) is 3.07. The third kappa shape index (κ3) is 3.01. The average Bonchev–Trinajstić information content (AvgIpc) is 2.63. The summed E-state index contributed by atoms with van der Waals surface area (Å²) in [4.78, 5) is 6.66. The summed E-state index contributed by atoms with van der Waals surface area (Å²) in [5, 5.41) is 6.45. The molecule has 0 spiro atoms. The van der Waals surface area contributed by atoms with Crippen molar-refractivity contribution >= 4 is 0 Å². The van der Waals surface area contributed by atoms with Crippen LogP contribution in [0.5, 0.6) is 0 Å². The summed E-state index contributed by atoms with van der Waals surface area (Å²) >= 11 is 0. The van der Waals surface area contributed by atoms with Crippen molar-refractivity contribution < 1.29 is 0 Å². The third-order valence-electron chi connectivity index (χ3n) is 1.27. The van der Waals surface area contributed by atoms with Crippen molar-refractivity contribution in [3.63, 3.8) is 0 Å². The summed E-state index contributed by atoms with van der Waals surface area (Å²) in [6, 6.07) is 1.92. The summed E-state index contributed by atoms with van der Waals surface area (Å²) in [7, 11) is 0. The van der Waals surface area contributed by atoms with Gasteiger partial charge in [0.25, 0.3) is 0 Å². The van der Waals surface area contributed by atoms with Gasteiger partial charge in [-0.3, -0.25) is 5.10 Å². The van der Waals surface area contributed by atoms with Crippen LogP contribution in [-0.4, -0.2) is 20.2 Å². The number of nitrogens with one attached hydrogen (secondary N) is 2. The zero-order chi connectivity index (χ0) is 8.81. The highest BCUT2D eigenvalue weighted by Crippen LogP contribution is 1.82. The fourth-order valence-electron chi connectivity index (χ4n) is 0.651.